The molecule has 0 aromatic heterocycles. The van der Waals surface area contributed by atoms with Crippen molar-refractivity contribution in [3.05, 3.63) is 59.7 Å². The van der Waals surface area contributed by atoms with Gasteiger partial charge in [0.2, 0.25) is 5.91 Å². The number of nitrogens with zero attached hydrogens (tertiary/aromatic N) is 1. The zero-order valence-electron chi connectivity index (χ0n) is 15.8. The molecule has 2 aromatic rings. The average Bonchev–Trinajstić information content (AvgIpc) is 2.67. The molecule has 0 aliphatic rings. The van der Waals surface area contributed by atoms with Crippen LogP contribution >= 0.6 is 11.6 Å². The number of anilines is 2. The zero-order chi connectivity index (χ0) is 19.6. The predicted molar refractivity (Wildman–Crippen MR) is 112 cm³/mol. The first-order chi connectivity index (χ1) is 13.0. The first-order valence-electron chi connectivity index (χ1n) is 9.00. The van der Waals surface area contributed by atoms with E-state index in [0.29, 0.717) is 36.5 Å². The van der Waals surface area contributed by atoms with E-state index in [1.165, 1.54) is 5.56 Å². The number of hydrogen-bond acceptors (Lipinski definition) is 3. The van der Waals surface area contributed by atoms with Crippen molar-refractivity contribution in [3.8, 4) is 0 Å². The molecule has 0 heterocycles. The lowest BCUT2D eigenvalue weighted by molar-refractivity contribution is -0.116. The molecule has 0 saturated heterocycles. The lowest BCUT2D eigenvalue weighted by Gasteiger charge is -2.18. The van der Waals surface area contributed by atoms with Crippen molar-refractivity contribution in [1.29, 1.82) is 0 Å². The highest BCUT2D eigenvalue weighted by molar-refractivity contribution is 6.18. The Morgan fingerprint density at radius 1 is 1.07 bits per heavy atom. The van der Waals surface area contributed by atoms with E-state index in [2.05, 4.69) is 10.6 Å². The lowest BCUT2D eigenvalue weighted by Crippen LogP contribution is -2.28. The Bertz CT molecular complexity index is 763. The number of nitrogens with one attached hydrogen (secondary N) is 2. The van der Waals surface area contributed by atoms with Crippen molar-refractivity contribution in [2.75, 3.05) is 36.7 Å². The summed E-state index contributed by atoms with van der Waals surface area (Å²) in [5.41, 5.74) is 3.11. The first-order valence-corrected chi connectivity index (χ1v) is 9.54. The minimum absolute atomic E-state index is 0.108. The van der Waals surface area contributed by atoms with Crippen molar-refractivity contribution in [2.24, 2.45) is 0 Å². The number of amides is 2. The van der Waals surface area contributed by atoms with Crippen LogP contribution in [0, 0.1) is 0 Å². The van der Waals surface area contributed by atoms with Crippen LogP contribution in [0.2, 0.25) is 0 Å². The number of rotatable bonds is 9. The summed E-state index contributed by atoms with van der Waals surface area (Å²) in [7, 11) is 3.77. The molecule has 2 N–H and O–H groups in total. The van der Waals surface area contributed by atoms with Gasteiger partial charge in [-0.05, 0) is 36.6 Å². The molecule has 0 spiro atoms. The van der Waals surface area contributed by atoms with Gasteiger partial charge in [0.1, 0.15) is 0 Å². The molecule has 0 radical (unpaired) electrons. The van der Waals surface area contributed by atoms with Crippen LogP contribution in [0.15, 0.2) is 48.5 Å². The van der Waals surface area contributed by atoms with Crippen LogP contribution in [0.3, 0.4) is 0 Å². The lowest BCUT2D eigenvalue weighted by atomic mass is 10.1. The molecule has 144 valence electrons. The number of benzene rings is 2. The van der Waals surface area contributed by atoms with Gasteiger partial charge in [-0.1, -0.05) is 30.3 Å². The van der Waals surface area contributed by atoms with E-state index in [0.717, 1.165) is 12.1 Å². The fourth-order valence-corrected chi connectivity index (χ4v) is 2.83. The molecular formula is C21H26ClN3O2. The molecule has 2 rings (SSSR count). The standard InChI is InChI=1S/C21H26ClN3O2/c1-25(2)19-11-10-17(24-20(26)9-6-13-22)15-18(19)21(27)23-14-12-16-7-4-3-5-8-16/h3-5,7-8,10-11,15H,6,9,12-14H2,1-2H3,(H,23,27)(H,24,26). The Hall–Kier alpha value is -2.53. The molecule has 5 nitrogen and oxygen atoms in total. The van der Waals surface area contributed by atoms with Gasteiger partial charge in [-0.3, -0.25) is 9.59 Å². The van der Waals surface area contributed by atoms with Gasteiger partial charge in [-0.15, -0.1) is 11.6 Å². The summed E-state index contributed by atoms with van der Waals surface area (Å²) >= 11 is 5.63. The Kier molecular flexibility index (Phi) is 8.14. The van der Waals surface area contributed by atoms with E-state index in [9.17, 15) is 9.59 Å². The Labute approximate surface area is 165 Å². The van der Waals surface area contributed by atoms with Gasteiger partial charge in [-0.2, -0.15) is 0 Å². The third kappa shape index (κ3) is 6.61. The third-order valence-corrected chi connectivity index (χ3v) is 4.35. The summed E-state index contributed by atoms with van der Waals surface area (Å²) in [4.78, 5) is 26.5. The van der Waals surface area contributed by atoms with Gasteiger partial charge in [0.25, 0.3) is 5.91 Å². The highest BCUT2D eigenvalue weighted by Gasteiger charge is 2.14. The summed E-state index contributed by atoms with van der Waals surface area (Å²) in [5.74, 6) is 0.178. The molecule has 2 amide bonds. The van der Waals surface area contributed by atoms with Crippen molar-refractivity contribution in [2.45, 2.75) is 19.3 Å². The number of alkyl halides is 1. The summed E-state index contributed by atoms with van der Waals surface area (Å²) in [6, 6.07) is 15.4. The van der Waals surface area contributed by atoms with E-state index < -0.39 is 0 Å². The monoisotopic (exact) mass is 387 g/mol. The van der Waals surface area contributed by atoms with Crippen LogP contribution in [-0.2, 0) is 11.2 Å². The molecule has 6 heteroatoms. The molecular weight excluding hydrogens is 362 g/mol. The summed E-state index contributed by atoms with van der Waals surface area (Å²) < 4.78 is 0. The van der Waals surface area contributed by atoms with Crippen molar-refractivity contribution in [1.82, 2.24) is 5.32 Å². The van der Waals surface area contributed by atoms with Crippen molar-refractivity contribution < 1.29 is 9.59 Å². The highest BCUT2D eigenvalue weighted by atomic mass is 35.5. The maximum absolute atomic E-state index is 12.7. The van der Waals surface area contributed by atoms with E-state index in [1.807, 2.05) is 55.4 Å². The van der Waals surface area contributed by atoms with Crippen LogP contribution in [0.25, 0.3) is 0 Å². The van der Waals surface area contributed by atoms with Crippen molar-refractivity contribution in [3.63, 3.8) is 0 Å². The normalized spacial score (nSPS) is 10.3. The smallest absolute Gasteiger partial charge is 0.253 e. The number of carbonyl (C=O) groups excluding carboxylic acids is 2. The minimum atomic E-state index is -0.161. The van der Waals surface area contributed by atoms with Gasteiger partial charge in [-0.25, -0.2) is 0 Å². The van der Waals surface area contributed by atoms with Gasteiger partial charge in [0.05, 0.1) is 5.56 Å². The molecule has 2 aromatic carbocycles. The fraction of sp³-hybridized carbons (Fsp3) is 0.333. The molecule has 0 fully saturated rings. The topological polar surface area (TPSA) is 61.4 Å². The molecule has 0 saturated carbocycles. The van der Waals surface area contributed by atoms with Crippen LogP contribution < -0.4 is 15.5 Å². The molecule has 0 atom stereocenters. The number of halogens is 1. The largest absolute Gasteiger partial charge is 0.377 e. The minimum Gasteiger partial charge on any atom is -0.377 e. The van der Waals surface area contributed by atoms with E-state index in [4.69, 9.17) is 11.6 Å². The summed E-state index contributed by atoms with van der Waals surface area (Å²) in [5, 5.41) is 5.79. The second-order valence-electron chi connectivity index (χ2n) is 6.46. The Morgan fingerprint density at radius 3 is 2.48 bits per heavy atom. The maximum Gasteiger partial charge on any atom is 0.253 e. The maximum atomic E-state index is 12.7. The van der Waals surface area contributed by atoms with Crippen LogP contribution in [0.4, 0.5) is 11.4 Å². The first kappa shape index (κ1) is 20.8. The second kappa shape index (κ2) is 10.6. The molecule has 0 unspecified atom stereocenters. The quantitative estimate of drug-likeness (QED) is 0.645. The molecule has 27 heavy (non-hydrogen) atoms. The zero-order valence-corrected chi connectivity index (χ0v) is 16.6. The highest BCUT2D eigenvalue weighted by Crippen LogP contribution is 2.23. The third-order valence-electron chi connectivity index (χ3n) is 4.09. The molecule has 0 aliphatic carbocycles. The van der Waals surface area contributed by atoms with Gasteiger partial charge >= 0.3 is 0 Å². The fourth-order valence-electron chi connectivity index (χ4n) is 2.70. The van der Waals surface area contributed by atoms with Gasteiger partial charge in [0.15, 0.2) is 0 Å². The Morgan fingerprint density at radius 2 is 1.81 bits per heavy atom. The predicted octanol–water partition coefficient (Wildman–Crippen LogP) is 3.68. The van der Waals surface area contributed by atoms with Gasteiger partial charge in [0, 0.05) is 44.3 Å². The second-order valence-corrected chi connectivity index (χ2v) is 6.84. The van der Waals surface area contributed by atoms with E-state index >= 15 is 0 Å². The van der Waals surface area contributed by atoms with E-state index in [1.54, 1.807) is 12.1 Å². The van der Waals surface area contributed by atoms with Crippen LogP contribution in [0.1, 0.15) is 28.8 Å². The van der Waals surface area contributed by atoms with Crippen LogP contribution in [-0.4, -0.2) is 38.3 Å². The van der Waals surface area contributed by atoms with E-state index in [-0.39, 0.29) is 11.8 Å². The van der Waals surface area contributed by atoms with Crippen molar-refractivity contribution >= 4 is 34.8 Å². The number of carbonyl (C=O) groups is 2. The Balaban J connectivity index is 2.06. The summed E-state index contributed by atoms with van der Waals surface area (Å²) in [6.07, 6.45) is 1.74. The SMILES string of the molecule is CN(C)c1ccc(NC(=O)CCCCl)cc1C(=O)NCCc1ccccc1. The molecule has 0 bridgehead atoms. The van der Waals surface area contributed by atoms with Crippen LogP contribution in [0.5, 0.6) is 0 Å². The van der Waals surface area contributed by atoms with Gasteiger partial charge < -0.3 is 15.5 Å². The average molecular weight is 388 g/mol. The number of hydrogen-bond donors (Lipinski definition) is 2. The summed E-state index contributed by atoms with van der Waals surface area (Å²) in [6.45, 7) is 0.544. The molecule has 0 aliphatic heterocycles.